The Labute approximate surface area is 134 Å². The first-order chi connectivity index (χ1) is 10.2. The van der Waals surface area contributed by atoms with E-state index in [0.717, 1.165) is 23.5 Å². The fourth-order valence-electron chi connectivity index (χ4n) is 2.15. The van der Waals surface area contributed by atoms with Crippen LogP contribution in [-0.4, -0.2) is 29.7 Å². The highest BCUT2D eigenvalue weighted by atomic mass is 16.6. The molecule has 0 fully saturated rings. The van der Waals surface area contributed by atoms with Gasteiger partial charge in [0.1, 0.15) is 18.0 Å². The summed E-state index contributed by atoms with van der Waals surface area (Å²) in [7, 11) is 0. The van der Waals surface area contributed by atoms with Gasteiger partial charge in [-0.25, -0.2) is 4.79 Å². The van der Waals surface area contributed by atoms with Crippen LogP contribution in [0.15, 0.2) is 34.8 Å². The minimum atomic E-state index is -0.513. The summed E-state index contributed by atoms with van der Waals surface area (Å²) in [6.07, 6.45) is 4.44. The lowest BCUT2D eigenvalue weighted by Crippen LogP contribution is -2.40. The van der Waals surface area contributed by atoms with Gasteiger partial charge in [-0.2, -0.15) is 0 Å². The third-order valence-electron chi connectivity index (χ3n) is 3.53. The van der Waals surface area contributed by atoms with Crippen LogP contribution in [0.2, 0.25) is 0 Å². The van der Waals surface area contributed by atoms with Crippen LogP contribution >= 0.6 is 0 Å². The average Bonchev–Trinajstić information content (AvgIpc) is 2.44. The van der Waals surface area contributed by atoms with E-state index in [-0.39, 0.29) is 6.09 Å². The molecule has 0 bridgehead atoms. The monoisotopic (exact) mass is 307 g/mol. The standard InChI is InChI=1S/C18H29NO3/c1-8-10-15-16(14(4)13(3)9-2)21-12-11-19(15)17(20)22-18(5,6)7/h8,10H,9,11-12H2,1-7H3. The van der Waals surface area contributed by atoms with Gasteiger partial charge in [-0.05, 0) is 59.6 Å². The molecule has 0 saturated heterocycles. The molecule has 0 atom stereocenters. The summed E-state index contributed by atoms with van der Waals surface area (Å²) >= 11 is 0. The molecule has 1 aliphatic rings. The van der Waals surface area contributed by atoms with Crippen molar-refractivity contribution in [3.8, 4) is 0 Å². The first-order valence-electron chi connectivity index (χ1n) is 7.88. The second-order valence-electron chi connectivity index (χ2n) is 6.45. The van der Waals surface area contributed by atoms with Gasteiger partial charge < -0.3 is 9.47 Å². The fourth-order valence-corrected chi connectivity index (χ4v) is 2.15. The minimum Gasteiger partial charge on any atom is -0.489 e. The van der Waals surface area contributed by atoms with Crippen molar-refractivity contribution < 1.29 is 14.3 Å². The summed E-state index contributed by atoms with van der Waals surface area (Å²) in [5.41, 5.74) is 2.60. The topological polar surface area (TPSA) is 38.8 Å². The lowest BCUT2D eigenvalue weighted by molar-refractivity contribution is 0.0224. The van der Waals surface area contributed by atoms with Gasteiger partial charge >= 0.3 is 6.09 Å². The largest absolute Gasteiger partial charge is 0.489 e. The van der Waals surface area contributed by atoms with Gasteiger partial charge in [0, 0.05) is 0 Å². The Morgan fingerprint density at radius 1 is 1.36 bits per heavy atom. The maximum atomic E-state index is 12.5. The van der Waals surface area contributed by atoms with Crippen LogP contribution in [0, 0.1) is 0 Å². The molecule has 0 aliphatic carbocycles. The van der Waals surface area contributed by atoms with E-state index in [9.17, 15) is 4.79 Å². The van der Waals surface area contributed by atoms with E-state index in [1.807, 2.05) is 46.8 Å². The molecule has 0 radical (unpaired) electrons. The van der Waals surface area contributed by atoms with Gasteiger partial charge in [-0.3, -0.25) is 4.90 Å². The zero-order valence-electron chi connectivity index (χ0n) is 14.9. The number of carbonyl (C=O) groups excluding carboxylic acids is 1. The molecule has 0 N–H and O–H groups in total. The summed E-state index contributed by atoms with van der Waals surface area (Å²) in [6, 6.07) is 0. The third kappa shape index (κ3) is 4.65. The number of ether oxygens (including phenoxy) is 2. The molecule has 1 heterocycles. The Morgan fingerprint density at radius 2 is 2.00 bits per heavy atom. The summed E-state index contributed by atoms with van der Waals surface area (Å²) in [6.45, 7) is 14.8. The van der Waals surface area contributed by atoms with Crippen LogP contribution in [-0.2, 0) is 9.47 Å². The number of nitrogens with zero attached hydrogens (tertiary/aromatic N) is 1. The van der Waals surface area contributed by atoms with Crippen LogP contribution in [0.1, 0.15) is 54.9 Å². The van der Waals surface area contributed by atoms with E-state index in [1.165, 1.54) is 5.57 Å². The van der Waals surface area contributed by atoms with Gasteiger partial charge in [0.05, 0.1) is 12.2 Å². The van der Waals surface area contributed by atoms with Crippen molar-refractivity contribution in [3.05, 3.63) is 34.8 Å². The molecule has 4 nitrogen and oxygen atoms in total. The van der Waals surface area contributed by atoms with Gasteiger partial charge in [0.25, 0.3) is 0 Å². The number of hydrogen-bond acceptors (Lipinski definition) is 3. The van der Waals surface area contributed by atoms with Crippen molar-refractivity contribution in [3.63, 3.8) is 0 Å². The predicted octanol–water partition coefficient (Wildman–Crippen LogP) is 4.79. The van der Waals surface area contributed by atoms with Crippen LogP contribution in [0.25, 0.3) is 0 Å². The van der Waals surface area contributed by atoms with Gasteiger partial charge in [0.15, 0.2) is 0 Å². The predicted molar refractivity (Wildman–Crippen MR) is 89.4 cm³/mol. The molecule has 0 saturated carbocycles. The van der Waals surface area contributed by atoms with E-state index in [1.54, 1.807) is 4.90 Å². The van der Waals surface area contributed by atoms with Crippen molar-refractivity contribution in [1.82, 2.24) is 4.90 Å². The van der Waals surface area contributed by atoms with E-state index >= 15 is 0 Å². The third-order valence-corrected chi connectivity index (χ3v) is 3.53. The molecule has 1 aliphatic heterocycles. The Bertz CT molecular complexity index is 507. The Hall–Kier alpha value is -1.71. The molecule has 0 spiro atoms. The molecule has 22 heavy (non-hydrogen) atoms. The zero-order chi connectivity index (χ0) is 16.9. The Kier molecular flexibility index (Phi) is 6.27. The number of amides is 1. The van der Waals surface area contributed by atoms with Crippen molar-refractivity contribution in [2.75, 3.05) is 13.2 Å². The molecule has 4 heteroatoms. The molecule has 1 rings (SSSR count). The van der Waals surface area contributed by atoms with Crippen LogP contribution in [0.3, 0.4) is 0 Å². The molecule has 124 valence electrons. The molecular formula is C18H29NO3. The number of allylic oxidation sites excluding steroid dienone is 4. The SMILES string of the molecule is CC=CC1=C(C(C)=C(C)CC)OCCN1C(=O)OC(C)(C)C. The summed E-state index contributed by atoms with van der Waals surface area (Å²) < 4.78 is 11.4. The highest BCUT2D eigenvalue weighted by molar-refractivity contribution is 5.72. The Morgan fingerprint density at radius 3 is 2.50 bits per heavy atom. The summed E-state index contributed by atoms with van der Waals surface area (Å²) in [4.78, 5) is 14.1. The van der Waals surface area contributed by atoms with Crippen LogP contribution in [0.4, 0.5) is 4.79 Å². The number of rotatable bonds is 3. The highest BCUT2D eigenvalue weighted by Crippen LogP contribution is 2.28. The molecule has 0 aromatic rings. The lowest BCUT2D eigenvalue weighted by Gasteiger charge is -2.33. The van der Waals surface area contributed by atoms with Gasteiger partial charge in [-0.15, -0.1) is 0 Å². The average molecular weight is 307 g/mol. The van der Waals surface area contributed by atoms with Crippen LogP contribution < -0.4 is 0 Å². The molecular weight excluding hydrogens is 278 g/mol. The van der Waals surface area contributed by atoms with Crippen molar-refractivity contribution in [2.45, 2.75) is 60.5 Å². The smallest absolute Gasteiger partial charge is 0.415 e. The van der Waals surface area contributed by atoms with Crippen LogP contribution in [0.5, 0.6) is 0 Å². The first-order valence-corrected chi connectivity index (χ1v) is 7.88. The summed E-state index contributed by atoms with van der Waals surface area (Å²) in [5.74, 6) is 0.773. The second-order valence-corrected chi connectivity index (χ2v) is 6.45. The van der Waals surface area contributed by atoms with Crippen molar-refractivity contribution in [2.24, 2.45) is 0 Å². The lowest BCUT2D eigenvalue weighted by atomic mass is 10.0. The number of hydrogen-bond donors (Lipinski definition) is 0. The zero-order valence-corrected chi connectivity index (χ0v) is 14.9. The maximum Gasteiger partial charge on any atom is 0.415 e. The quantitative estimate of drug-likeness (QED) is 0.752. The normalized spacial score (nSPS) is 17.5. The second kappa shape index (κ2) is 7.52. The summed E-state index contributed by atoms with van der Waals surface area (Å²) in [5, 5.41) is 0. The van der Waals surface area contributed by atoms with Crippen molar-refractivity contribution >= 4 is 6.09 Å². The minimum absolute atomic E-state index is 0.330. The molecule has 0 aromatic carbocycles. The highest BCUT2D eigenvalue weighted by Gasteiger charge is 2.29. The van der Waals surface area contributed by atoms with Gasteiger partial charge in [-0.1, -0.05) is 18.6 Å². The maximum absolute atomic E-state index is 12.5. The van der Waals surface area contributed by atoms with Crippen molar-refractivity contribution in [1.29, 1.82) is 0 Å². The van der Waals surface area contributed by atoms with Gasteiger partial charge in [0.2, 0.25) is 0 Å². The number of carbonyl (C=O) groups is 1. The van der Waals surface area contributed by atoms with E-state index in [2.05, 4.69) is 13.8 Å². The fraction of sp³-hybridized carbons (Fsp3) is 0.611. The molecule has 1 amide bonds. The Balaban J connectivity index is 3.26. The first kappa shape index (κ1) is 18.3. The molecule has 0 aromatic heterocycles. The van der Waals surface area contributed by atoms with E-state index in [4.69, 9.17) is 9.47 Å². The van der Waals surface area contributed by atoms with E-state index < -0.39 is 5.60 Å². The van der Waals surface area contributed by atoms with E-state index in [0.29, 0.717) is 13.2 Å². The molecule has 0 unspecified atom stereocenters.